The third-order valence-electron chi connectivity index (χ3n) is 4.17. The van der Waals surface area contributed by atoms with Gasteiger partial charge in [0.15, 0.2) is 5.69 Å². The van der Waals surface area contributed by atoms with Gasteiger partial charge in [-0.15, -0.1) is 10.2 Å². The Balaban J connectivity index is 1.47. The molecule has 0 unspecified atom stereocenters. The Kier molecular flexibility index (Phi) is 6.81. The van der Waals surface area contributed by atoms with Crippen LogP contribution in [0.5, 0.6) is 5.75 Å². The molecule has 0 spiro atoms. The van der Waals surface area contributed by atoms with Crippen LogP contribution in [0.2, 0.25) is 5.02 Å². The van der Waals surface area contributed by atoms with E-state index in [0.29, 0.717) is 23.9 Å². The number of ether oxygens (including phenoxy) is 1. The van der Waals surface area contributed by atoms with Gasteiger partial charge < -0.3 is 15.4 Å². The quantitative estimate of drug-likeness (QED) is 0.606. The fourth-order valence-corrected chi connectivity index (χ4v) is 2.79. The zero-order chi connectivity index (χ0) is 19.8. The molecule has 6 nitrogen and oxygen atoms in total. The number of hydrogen-bond acceptors (Lipinski definition) is 5. The van der Waals surface area contributed by atoms with E-state index in [1.807, 2.05) is 42.5 Å². The van der Waals surface area contributed by atoms with Gasteiger partial charge in [-0.2, -0.15) is 0 Å². The highest BCUT2D eigenvalue weighted by Gasteiger charge is 2.09. The second-order valence-corrected chi connectivity index (χ2v) is 6.51. The van der Waals surface area contributed by atoms with Crippen LogP contribution in [0, 0.1) is 0 Å². The molecule has 2 aromatic carbocycles. The van der Waals surface area contributed by atoms with E-state index in [1.54, 1.807) is 25.3 Å². The molecule has 0 radical (unpaired) electrons. The third-order valence-corrected chi connectivity index (χ3v) is 4.54. The molecule has 0 fully saturated rings. The minimum atomic E-state index is -0.294. The van der Waals surface area contributed by atoms with Crippen LogP contribution < -0.4 is 15.4 Å². The standard InChI is InChI=1S/C21H21ClN4O2/c1-28-17-8-6-15(7-9-17)12-13-23-20-11-10-19(25-26-20)21(27)24-14-16-4-2-3-5-18(16)22/h2-11H,12-14H2,1H3,(H,23,26)(H,24,27). The van der Waals surface area contributed by atoms with Gasteiger partial charge in [0.05, 0.1) is 7.11 Å². The highest BCUT2D eigenvalue weighted by Crippen LogP contribution is 2.14. The number of nitrogens with one attached hydrogen (secondary N) is 2. The topological polar surface area (TPSA) is 76.1 Å². The number of carbonyl (C=O) groups is 1. The van der Waals surface area contributed by atoms with E-state index < -0.39 is 0 Å². The number of hydrogen-bond donors (Lipinski definition) is 2. The lowest BCUT2D eigenvalue weighted by Gasteiger charge is -2.08. The predicted octanol–water partition coefficient (Wildman–Crippen LogP) is 3.72. The zero-order valence-electron chi connectivity index (χ0n) is 15.5. The Labute approximate surface area is 168 Å². The molecular weight excluding hydrogens is 376 g/mol. The van der Waals surface area contributed by atoms with Crippen LogP contribution in [0.3, 0.4) is 0 Å². The van der Waals surface area contributed by atoms with Gasteiger partial charge in [0.2, 0.25) is 0 Å². The van der Waals surface area contributed by atoms with Crippen molar-refractivity contribution in [3.8, 4) is 5.75 Å². The number of rotatable bonds is 8. The molecule has 1 heterocycles. The number of aromatic nitrogens is 2. The molecule has 7 heteroatoms. The summed E-state index contributed by atoms with van der Waals surface area (Å²) in [6.07, 6.45) is 0.839. The smallest absolute Gasteiger partial charge is 0.272 e. The lowest BCUT2D eigenvalue weighted by Crippen LogP contribution is -2.24. The van der Waals surface area contributed by atoms with Crippen LogP contribution in [-0.4, -0.2) is 29.8 Å². The molecule has 0 saturated carbocycles. The number of amides is 1. The summed E-state index contributed by atoms with van der Waals surface area (Å²) in [5.74, 6) is 1.17. The van der Waals surface area contributed by atoms with Gasteiger partial charge in [0.25, 0.3) is 5.91 Å². The molecular formula is C21H21ClN4O2. The molecule has 0 aliphatic rings. The van der Waals surface area contributed by atoms with E-state index in [1.165, 1.54) is 5.56 Å². The Hall–Kier alpha value is -3.12. The molecule has 0 aliphatic carbocycles. The average molecular weight is 397 g/mol. The summed E-state index contributed by atoms with van der Waals surface area (Å²) in [5.41, 5.74) is 2.30. The van der Waals surface area contributed by atoms with E-state index in [-0.39, 0.29) is 11.6 Å². The van der Waals surface area contributed by atoms with Gasteiger partial charge in [-0.25, -0.2) is 0 Å². The maximum atomic E-state index is 12.2. The van der Waals surface area contributed by atoms with Crippen molar-refractivity contribution in [2.45, 2.75) is 13.0 Å². The summed E-state index contributed by atoms with van der Waals surface area (Å²) < 4.78 is 5.15. The van der Waals surface area contributed by atoms with Crippen LogP contribution in [0.4, 0.5) is 5.82 Å². The van der Waals surface area contributed by atoms with Crippen molar-refractivity contribution in [2.24, 2.45) is 0 Å². The first-order chi connectivity index (χ1) is 13.7. The van der Waals surface area contributed by atoms with Gasteiger partial charge in [-0.3, -0.25) is 4.79 Å². The van der Waals surface area contributed by atoms with E-state index in [4.69, 9.17) is 16.3 Å². The minimum absolute atomic E-state index is 0.257. The molecule has 144 valence electrons. The molecule has 1 amide bonds. The number of halogens is 1. The second kappa shape index (κ2) is 9.71. The maximum Gasteiger partial charge on any atom is 0.272 e. The predicted molar refractivity (Wildman–Crippen MR) is 110 cm³/mol. The number of methoxy groups -OCH3 is 1. The summed E-state index contributed by atoms with van der Waals surface area (Å²) in [6.45, 7) is 1.04. The van der Waals surface area contributed by atoms with E-state index in [2.05, 4.69) is 20.8 Å². The summed E-state index contributed by atoms with van der Waals surface area (Å²) in [5, 5.41) is 14.7. The molecule has 0 aliphatic heterocycles. The summed E-state index contributed by atoms with van der Waals surface area (Å²) in [6, 6.07) is 18.7. The van der Waals surface area contributed by atoms with Crippen molar-refractivity contribution in [1.29, 1.82) is 0 Å². The first kappa shape index (κ1) is 19.6. The average Bonchev–Trinajstić information content (AvgIpc) is 2.74. The zero-order valence-corrected chi connectivity index (χ0v) is 16.2. The molecule has 28 heavy (non-hydrogen) atoms. The first-order valence-electron chi connectivity index (χ1n) is 8.88. The summed E-state index contributed by atoms with van der Waals surface area (Å²) >= 11 is 6.09. The van der Waals surface area contributed by atoms with Crippen molar-refractivity contribution in [2.75, 3.05) is 19.0 Å². The second-order valence-electron chi connectivity index (χ2n) is 6.10. The van der Waals surface area contributed by atoms with Crippen molar-refractivity contribution >= 4 is 23.3 Å². The van der Waals surface area contributed by atoms with Crippen molar-refractivity contribution in [3.63, 3.8) is 0 Å². The summed E-state index contributed by atoms with van der Waals surface area (Å²) in [7, 11) is 1.65. The van der Waals surface area contributed by atoms with Crippen LogP contribution in [-0.2, 0) is 13.0 Å². The number of anilines is 1. The fraction of sp³-hybridized carbons (Fsp3) is 0.190. The Morgan fingerprint density at radius 2 is 1.82 bits per heavy atom. The lowest BCUT2D eigenvalue weighted by atomic mass is 10.1. The summed E-state index contributed by atoms with van der Waals surface area (Å²) in [4.78, 5) is 12.2. The van der Waals surface area contributed by atoms with Gasteiger partial charge in [0.1, 0.15) is 11.6 Å². The van der Waals surface area contributed by atoms with Crippen LogP contribution >= 0.6 is 11.6 Å². The molecule has 0 saturated heterocycles. The highest BCUT2D eigenvalue weighted by molar-refractivity contribution is 6.31. The van der Waals surface area contributed by atoms with Crippen LogP contribution in [0.15, 0.2) is 60.7 Å². The van der Waals surface area contributed by atoms with Crippen molar-refractivity contribution in [3.05, 3.63) is 82.5 Å². The van der Waals surface area contributed by atoms with E-state index in [0.717, 1.165) is 17.7 Å². The monoisotopic (exact) mass is 396 g/mol. The first-order valence-corrected chi connectivity index (χ1v) is 9.25. The Morgan fingerprint density at radius 1 is 1.04 bits per heavy atom. The van der Waals surface area contributed by atoms with Gasteiger partial charge in [-0.05, 0) is 47.9 Å². The number of nitrogens with zero attached hydrogens (tertiary/aromatic N) is 2. The van der Waals surface area contributed by atoms with Crippen molar-refractivity contribution in [1.82, 2.24) is 15.5 Å². The molecule has 1 aromatic heterocycles. The molecule has 2 N–H and O–H groups in total. The Morgan fingerprint density at radius 3 is 2.50 bits per heavy atom. The normalized spacial score (nSPS) is 10.4. The lowest BCUT2D eigenvalue weighted by molar-refractivity contribution is 0.0945. The van der Waals surface area contributed by atoms with E-state index in [9.17, 15) is 4.79 Å². The van der Waals surface area contributed by atoms with Crippen molar-refractivity contribution < 1.29 is 9.53 Å². The maximum absolute atomic E-state index is 12.2. The largest absolute Gasteiger partial charge is 0.497 e. The molecule has 3 rings (SSSR count). The van der Waals surface area contributed by atoms with E-state index >= 15 is 0 Å². The van der Waals surface area contributed by atoms with Gasteiger partial charge in [0, 0.05) is 18.1 Å². The molecule has 0 bridgehead atoms. The van der Waals surface area contributed by atoms with Crippen LogP contribution in [0.25, 0.3) is 0 Å². The highest BCUT2D eigenvalue weighted by atomic mass is 35.5. The van der Waals surface area contributed by atoms with Crippen LogP contribution in [0.1, 0.15) is 21.6 Å². The number of carbonyl (C=O) groups excluding carboxylic acids is 1. The molecule has 0 atom stereocenters. The number of benzene rings is 2. The Bertz CT molecular complexity index is 914. The van der Waals surface area contributed by atoms with Gasteiger partial charge >= 0.3 is 0 Å². The van der Waals surface area contributed by atoms with Gasteiger partial charge in [-0.1, -0.05) is 41.9 Å². The fourth-order valence-electron chi connectivity index (χ4n) is 2.58. The SMILES string of the molecule is COc1ccc(CCNc2ccc(C(=O)NCc3ccccc3Cl)nn2)cc1. The molecule has 3 aromatic rings. The minimum Gasteiger partial charge on any atom is -0.497 e. The third kappa shape index (κ3) is 5.44.